The molecular weight excluding hydrogens is 300 g/mol. The van der Waals surface area contributed by atoms with Crippen LogP contribution < -0.4 is 10.6 Å². The van der Waals surface area contributed by atoms with Gasteiger partial charge in [0.25, 0.3) is 5.91 Å². The van der Waals surface area contributed by atoms with E-state index in [1.807, 2.05) is 50.2 Å². The summed E-state index contributed by atoms with van der Waals surface area (Å²) in [5, 5.41) is 14.2. The van der Waals surface area contributed by atoms with Crippen molar-refractivity contribution in [1.29, 1.82) is 0 Å². The Morgan fingerprint density at radius 2 is 1.42 bits per heavy atom. The van der Waals surface area contributed by atoms with Crippen molar-refractivity contribution in [3.8, 4) is 0 Å². The number of para-hydroxylation sites is 1. The Hall–Kier alpha value is -3.21. The van der Waals surface area contributed by atoms with Crippen molar-refractivity contribution in [2.75, 3.05) is 10.6 Å². The van der Waals surface area contributed by atoms with Gasteiger partial charge >= 0.3 is 0 Å². The molecule has 1 aromatic heterocycles. The molecule has 5 nitrogen and oxygen atoms in total. The lowest BCUT2D eigenvalue weighted by Gasteiger charge is -2.11. The highest BCUT2D eigenvalue weighted by Crippen LogP contribution is 2.23. The van der Waals surface area contributed by atoms with Crippen LogP contribution in [-0.2, 0) is 0 Å². The summed E-state index contributed by atoms with van der Waals surface area (Å²) in [6.07, 6.45) is 0. The maximum atomic E-state index is 12.1. The molecule has 0 aliphatic rings. The second-order valence-electron chi connectivity index (χ2n) is 5.52. The van der Waals surface area contributed by atoms with E-state index in [1.165, 1.54) is 0 Å². The monoisotopic (exact) mass is 318 g/mol. The molecule has 1 amide bonds. The minimum absolute atomic E-state index is 0.208. The van der Waals surface area contributed by atoms with E-state index in [2.05, 4.69) is 20.8 Å². The highest BCUT2D eigenvalue weighted by atomic mass is 16.1. The van der Waals surface area contributed by atoms with E-state index < -0.39 is 0 Å². The Morgan fingerprint density at radius 3 is 2.04 bits per heavy atom. The lowest BCUT2D eigenvalue weighted by Crippen LogP contribution is -2.13. The number of aromatic nitrogens is 2. The summed E-state index contributed by atoms with van der Waals surface area (Å²) in [5.41, 5.74) is 3.88. The van der Waals surface area contributed by atoms with Gasteiger partial charge < -0.3 is 10.6 Å². The number of nitrogens with one attached hydrogen (secondary N) is 2. The third-order valence-corrected chi connectivity index (χ3v) is 3.68. The summed E-state index contributed by atoms with van der Waals surface area (Å²) in [6, 6.07) is 18.6. The van der Waals surface area contributed by atoms with Crippen molar-refractivity contribution in [2.24, 2.45) is 0 Å². The van der Waals surface area contributed by atoms with Crippen LogP contribution in [0.1, 0.15) is 21.5 Å². The zero-order chi connectivity index (χ0) is 16.9. The van der Waals surface area contributed by atoms with Crippen LogP contribution in [0.25, 0.3) is 0 Å². The first-order valence-electron chi connectivity index (χ1n) is 7.67. The van der Waals surface area contributed by atoms with Gasteiger partial charge in [-0.2, -0.15) is 0 Å². The maximum absolute atomic E-state index is 12.1. The Bertz CT molecular complexity index is 825. The first kappa shape index (κ1) is 15.7. The largest absolute Gasteiger partial charge is 0.338 e. The van der Waals surface area contributed by atoms with Crippen molar-refractivity contribution in [1.82, 2.24) is 10.2 Å². The molecule has 0 unspecified atom stereocenters. The number of hydrogen-bond acceptors (Lipinski definition) is 4. The van der Waals surface area contributed by atoms with E-state index in [4.69, 9.17) is 0 Å². The minimum Gasteiger partial charge on any atom is -0.338 e. The quantitative estimate of drug-likeness (QED) is 0.760. The van der Waals surface area contributed by atoms with Gasteiger partial charge in [0.1, 0.15) is 0 Å². The third kappa shape index (κ3) is 3.57. The van der Waals surface area contributed by atoms with Crippen LogP contribution in [0.2, 0.25) is 0 Å². The zero-order valence-corrected chi connectivity index (χ0v) is 13.6. The van der Waals surface area contributed by atoms with Gasteiger partial charge in [-0.3, -0.25) is 4.79 Å². The molecule has 120 valence electrons. The van der Waals surface area contributed by atoms with Crippen molar-refractivity contribution in [2.45, 2.75) is 13.8 Å². The summed E-state index contributed by atoms with van der Waals surface area (Å²) in [7, 11) is 0. The molecule has 0 spiro atoms. The van der Waals surface area contributed by atoms with E-state index in [-0.39, 0.29) is 5.91 Å². The number of benzene rings is 2. The molecule has 0 bridgehead atoms. The number of anilines is 3. The molecule has 2 aromatic carbocycles. The van der Waals surface area contributed by atoms with Gasteiger partial charge in [0.2, 0.25) is 0 Å². The van der Waals surface area contributed by atoms with Crippen LogP contribution in [0.4, 0.5) is 17.3 Å². The molecule has 0 aliphatic heterocycles. The topological polar surface area (TPSA) is 66.9 Å². The zero-order valence-electron chi connectivity index (χ0n) is 13.6. The molecule has 3 rings (SSSR count). The summed E-state index contributed by atoms with van der Waals surface area (Å²) in [4.78, 5) is 12.1. The number of amides is 1. The summed E-state index contributed by atoms with van der Waals surface area (Å²) < 4.78 is 0. The van der Waals surface area contributed by atoms with Gasteiger partial charge in [0.15, 0.2) is 11.6 Å². The summed E-state index contributed by atoms with van der Waals surface area (Å²) in [5.74, 6) is 0.835. The van der Waals surface area contributed by atoms with Gasteiger partial charge in [-0.1, -0.05) is 36.4 Å². The van der Waals surface area contributed by atoms with E-state index in [0.717, 1.165) is 16.8 Å². The van der Waals surface area contributed by atoms with Crippen molar-refractivity contribution in [3.63, 3.8) is 0 Å². The number of rotatable bonds is 4. The average molecular weight is 318 g/mol. The third-order valence-electron chi connectivity index (χ3n) is 3.68. The lowest BCUT2D eigenvalue weighted by atomic mass is 10.1. The molecule has 0 atom stereocenters. The molecule has 2 N–H and O–H groups in total. The first-order chi connectivity index (χ1) is 11.6. The van der Waals surface area contributed by atoms with Crippen molar-refractivity contribution in [3.05, 3.63) is 77.4 Å². The smallest absolute Gasteiger partial charge is 0.256 e. The van der Waals surface area contributed by atoms with Gasteiger partial charge in [0, 0.05) is 11.3 Å². The van der Waals surface area contributed by atoms with E-state index in [0.29, 0.717) is 17.2 Å². The van der Waals surface area contributed by atoms with Gasteiger partial charge in [-0.05, 0) is 49.2 Å². The fourth-order valence-corrected chi connectivity index (χ4v) is 2.38. The van der Waals surface area contributed by atoms with Crippen molar-refractivity contribution >= 4 is 23.2 Å². The highest BCUT2D eigenvalue weighted by Gasteiger charge is 2.07. The average Bonchev–Trinajstić information content (AvgIpc) is 2.60. The SMILES string of the molecule is Cc1cccc(C)c1Nc1ccc(NC(=O)c2ccccc2)nn1. The molecule has 0 saturated carbocycles. The number of carbonyl (C=O) groups excluding carboxylic acids is 1. The molecule has 24 heavy (non-hydrogen) atoms. The van der Waals surface area contributed by atoms with E-state index >= 15 is 0 Å². The van der Waals surface area contributed by atoms with Crippen molar-refractivity contribution < 1.29 is 4.79 Å². The fourth-order valence-electron chi connectivity index (χ4n) is 2.38. The predicted molar refractivity (Wildman–Crippen MR) is 95.6 cm³/mol. The van der Waals surface area contributed by atoms with Crippen LogP contribution in [0, 0.1) is 13.8 Å². The molecule has 0 fully saturated rings. The Kier molecular flexibility index (Phi) is 4.52. The van der Waals surface area contributed by atoms with Crippen LogP contribution in [0.15, 0.2) is 60.7 Å². The van der Waals surface area contributed by atoms with E-state index in [9.17, 15) is 4.79 Å². The molecule has 1 heterocycles. The Balaban J connectivity index is 1.71. The van der Waals surface area contributed by atoms with E-state index in [1.54, 1.807) is 24.3 Å². The predicted octanol–water partition coefficient (Wildman–Crippen LogP) is 4.09. The van der Waals surface area contributed by atoms with Gasteiger partial charge in [0.05, 0.1) is 0 Å². The van der Waals surface area contributed by atoms with Crippen LogP contribution in [0.3, 0.4) is 0 Å². The first-order valence-corrected chi connectivity index (χ1v) is 7.67. The van der Waals surface area contributed by atoms with Crippen LogP contribution in [0.5, 0.6) is 0 Å². The van der Waals surface area contributed by atoms with Gasteiger partial charge in [-0.25, -0.2) is 0 Å². The second kappa shape index (κ2) is 6.91. The highest BCUT2D eigenvalue weighted by molar-refractivity contribution is 6.03. The fraction of sp³-hybridized carbons (Fsp3) is 0.105. The normalized spacial score (nSPS) is 10.2. The summed E-state index contributed by atoms with van der Waals surface area (Å²) >= 11 is 0. The molecule has 0 aliphatic carbocycles. The molecule has 5 heteroatoms. The molecule has 0 radical (unpaired) electrons. The second-order valence-corrected chi connectivity index (χ2v) is 5.52. The number of carbonyl (C=O) groups is 1. The number of hydrogen-bond donors (Lipinski definition) is 2. The number of aryl methyl sites for hydroxylation is 2. The van der Waals surface area contributed by atoms with Crippen LogP contribution in [-0.4, -0.2) is 16.1 Å². The molecule has 3 aromatic rings. The molecule has 0 saturated heterocycles. The Morgan fingerprint density at radius 1 is 0.792 bits per heavy atom. The standard InChI is InChI=1S/C19H18N4O/c1-13-7-6-8-14(2)18(13)20-16-11-12-17(23-22-16)21-19(24)15-9-4-3-5-10-15/h3-12H,1-2H3,(H,20,22)(H,21,23,24). The molecular formula is C19H18N4O. The number of nitrogens with zero attached hydrogens (tertiary/aromatic N) is 2. The Labute approximate surface area is 140 Å². The lowest BCUT2D eigenvalue weighted by molar-refractivity contribution is 0.102. The van der Waals surface area contributed by atoms with Gasteiger partial charge in [-0.15, -0.1) is 10.2 Å². The maximum Gasteiger partial charge on any atom is 0.256 e. The minimum atomic E-state index is -0.208. The summed E-state index contributed by atoms with van der Waals surface area (Å²) in [6.45, 7) is 4.08. The van der Waals surface area contributed by atoms with Crippen LogP contribution >= 0.6 is 0 Å².